The fourth-order valence-corrected chi connectivity index (χ4v) is 2.58. The Labute approximate surface area is 136 Å². The molecular formula is C17H24N4O2. The van der Waals surface area contributed by atoms with Crippen LogP contribution in [0.2, 0.25) is 0 Å². The summed E-state index contributed by atoms with van der Waals surface area (Å²) in [5, 5.41) is 18.8. The van der Waals surface area contributed by atoms with E-state index in [0.29, 0.717) is 6.42 Å². The summed E-state index contributed by atoms with van der Waals surface area (Å²) in [6.45, 7) is 7.03. The second-order valence-corrected chi connectivity index (χ2v) is 6.12. The number of para-hydroxylation sites is 1. The molecule has 0 fully saturated rings. The molecule has 1 aromatic heterocycles. The van der Waals surface area contributed by atoms with Crippen molar-refractivity contribution >= 4 is 5.69 Å². The Morgan fingerprint density at radius 2 is 2.00 bits per heavy atom. The monoisotopic (exact) mass is 316 g/mol. The zero-order valence-electron chi connectivity index (χ0n) is 14.1. The zero-order chi connectivity index (χ0) is 17.0. The first kappa shape index (κ1) is 17.1. The molecule has 1 N–H and O–H groups in total. The van der Waals surface area contributed by atoms with E-state index >= 15 is 0 Å². The molecule has 0 amide bonds. The number of rotatable bonds is 7. The molecule has 1 aromatic carbocycles. The van der Waals surface area contributed by atoms with E-state index in [-0.39, 0.29) is 22.6 Å². The van der Waals surface area contributed by atoms with E-state index < -0.39 is 0 Å². The molecular weight excluding hydrogens is 292 g/mol. The lowest BCUT2D eigenvalue weighted by Gasteiger charge is -2.21. The fourth-order valence-electron chi connectivity index (χ4n) is 2.58. The molecule has 23 heavy (non-hydrogen) atoms. The number of hydrogen-bond donors (Lipinski definition) is 1. The van der Waals surface area contributed by atoms with Crippen LogP contribution in [-0.4, -0.2) is 20.7 Å². The number of aromatic nitrogens is 2. The molecule has 6 nitrogen and oxygen atoms in total. The van der Waals surface area contributed by atoms with E-state index in [2.05, 4.69) is 24.3 Å². The highest BCUT2D eigenvalue weighted by molar-refractivity contribution is 5.40. The Morgan fingerprint density at radius 1 is 1.30 bits per heavy atom. The van der Waals surface area contributed by atoms with Gasteiger partial charge in [-0.3, -0.25) is 14.8 Å². The van der Waals surface area contributed by atoms with Crippen molar-refractivity contribution in [1.29, 1.82) is 0 Å². The van der Waals surface area contributed by atoms with Gasteiger partial charge in [0.1, 0.15) is 0 Å². The van der Waals surface area contributed by atoms with Crippen LogP contribution in [0.4, 0.5) is 5.69 Å². The Morgan fingerprint density at radius 3 is 2.61 bits per heavy atom. The Hall–Kier alpha value is -2.21. The third-order valence-corrected chi connectivity index (χ3v) is 4.54. The van der Waals surface area contributed by atoms with Gasteiger partial charge >= 0.3 is 0 Å². The Bertz CT molecular complexity index is 681. The lowest BCUT2D eigenvalue weighted by atomic mass is 9.94. The van der Waals surface area contributed by atoms with E-state index in [1.807, 2.05) is 37.0 Å². The number of nitrogens with zero attached hydrogens (tertiary/aromatic N) is 3. The number of nitro benzene ring substituents is 1. The van der Waals surface area contributed by atoms with Crippen LogP contribution in [0, 0.1) is 23.0 Å². The van der Waals surface area contributed by atoms with Crippen LogP contribution in [0.25, 0.3) is 0 Å². The summed E-state index contributed by atoms with van der Waals surface area (Å²) < 4.78 is 1.86. The van der Waals surface area contributed by atoms with Crippen molar-refractivity contribution in [2.24, 2.45) is 13.0 Å². The summed E-state index contributed by atoms with van der Waals surface area (Å²) in [6, 6.07) is 7.21. The van der Waals surface area contributed by atoms with Gasteiger partial charge in [-0.2, -0.15) is 5.10 Å². The first-order chi connectivity index (χ1) is 10.9. The van der Waals surface area contributed by atoms with Gasteiger partial charge in [-0.05, 0) is 26.2 Å². The molecule has 0 aliphatic heterocycles. The fraction of sp³-hybridized carbons (Fsp3) is 0.471. The lowest BCUT2D eigenvalue weighted by molar-refractivity contribution is -0.385. The smallest absolute Gasteiger partial charge is 0.272 e. The van der Waals surface area contributed by atoms with Crippen molar-refractivity contribution in [3.8, 4) is 0 Å². The Kier molecular flexibility index (Phi) is 5.50. The normalized spacial score (nSPS) is 13.7. The largest absolute Gasteiger partial charge is 0.310 e. The number of hydrogen-bond acceptors (Lipinski definition) is 4. The van der Waals surface area contributed by atoms with Gasteiger partial charge in [-0.15, -0.1) is 0 Å². The standard InChI is InChI=1S/C17H24N4O2/c1-12(9-15-7-5-6-8-17(15)21(22)23)13(2)18-10-16-11-19-20(4)14(16)3/h5-8,11-13,18H,9-10H2,1-4H3. The average molecular weight is 316 g/mol. The van der Waals surface area contributed by atoms with E-state index in [4.69, 9.17) is 0 Å². The van der Waals surface area contributed by atoms with Crippen molar-refractivity contribution in [3.05, 3.63) is 57.4 Å². The van der Waals surface area contributed by atoms with Gasteiger partial charge in [0.15, 0.2) is 0 Å². The quantitative estimate of drug-likeness (QED) is 0.629. The number of aryl methyl sites for hydroxylation is 1. The van der Waals surface area contributed by atoms with Crippen LogP contribution in [-0.2, 0) is 20.0 Å². The van der Waals surface area contributed by atoms with E-state index in [1.165, 1.54) is 5.56 Å². The molecule has 0 aliphatic rings. The highest BCUT2D eigenvalue weighted by atomic mass is 16.6. The minimum Gasteiger partial charge on any atom is -0.310 e. The molecule has 2 atom stereocenters. The first-order valence-corrected chi connectivity index (χ1v) is 7.83. The van der Waals surface area contributed by atoms with Crippen molar-refractivity contribution in [2.45, 2.75) is 39.8 Å². The molecule has 2 unspecified atom stereocenters. The Balaban J connectivity index is 1.96. The highest BCUT2D eigenvalue weighted by Crippen LogP contribution is 2.22. The topological polar surface area (TPSA) is 73.0 Å². The molecule has 2 aromatic rings. The van der Waals surface area contributed by atoms with Crippen molar-refractivity contribution in [3.63, 3.8) is 0 Å². The first-order valence-electron chi connectivity index (χ1n) is 7.83. The molecule has 2 rings (SSSR count). The molecule has 1 heterocycles. The van der Waals surface area contributed by atoms with Crippen LogP contribution < -0.4 is 5.32 Å². The molecule has 0 radical (unpaired) electrons. The van der Waals surface area contributed by atoms with Crippen LogP contribution in [0.5, 0.6) is 0 Å². The molecule has 0 bridgehead atoms. The number of benzene rings is 1. The van der Waals surface area contributed by atoms with E-state index in [1.54, 1.807) is 12.1 Å². The van der Waals surface area contributed by atoms with Crippen molar-refractivity contribution < 1.29 is 4.92 Å². The predicted octanol–water partition coefficient (Wildman–Crippen LogP) is 2.99. The van der Waals surface area contributed by atoms with Gasteiger partial charge in [0.25, 0.3) is 5.69 Å². The van der Waals surface area contributed by atoms with Crippen LogP contribution in [0.3, 0.4) is 0 Å². The maximum absolute atomic E-state index is 11.1. The van der Waals surface area contributed by atoms with Crippen LogP contribution >= 0.6 is 0 Å². The summed E-state index contributed by atoms with van der Waals surface area (Å²) in [4.78, 5) is 10.8. The second kappa shape index (κ2) is 7.37. The van der Waals surface area contributed by atoms with Gasteiger partial charge in [0, 0.05) is 42.5 Å². The van der Waals surface area contributed by atoms with Gasteiger partial charge in [0.2, 0.25) is 0 Å². The lowest BCUT2D eigenvalue weighted by Crippen LogP contribution is -2.33. The summed E-state index contributed by atoms with van der Waals surface area (Å²) in [7, 11) is 1.93. The third kappa shape index (κ3) is 4.16. The third-order valence-electron chi connectivity index (χ3n) is 4.54. The second-order valence-electron chi connectivity index (χ2n) is 6.12. The van der Waals surface area contributed by atoms with Gasteiger partial charge < -0.3 is 5.32 Å². The van der Waals surface area contributed by atoms with Gasteiger partial charge in [-0.25, -0.2) is 0 Å². The minimum atomic E-state index is -0.306. The minimum absolute atomic E-state index is 0.203. The van der Waals surface area contributed by atoms with E-state index in [9.17, 15) is 10.1 Å². The summed E-state index contributed by atoms with van der Waals surface area (Å²) in [5.41, 5.74) is 3.32. The molecule has 124 valence electrons. The van der Waals surface area contributed by atoms with Crippen LogP contribution in [0.1, 0.15) is 30.7 Å². The zero-order valence-corrected chi connectivity index (χ0v) is 14.1. The van der Waals surface area contributed by atoms with Crippen molar-refractivity contribution in [2.75, 3.05) is 0 Å². The van der Waals surface area contributed by atoms with Crippen LogP contribution in [0.15, 0.2) is 30.5 Å². The summed E-state index contributed by atoms with van der Waals surface area (Å²) in [5.74, 6) is 0.285. The van der Waals surface area contributed by atoms with Gasteiger partial charge in [0.05, 0.1) is 11.1 Å². The number of nitro groups is 1. The molecule has 0 aliphatic carbocycles. The predicted molar refractivity (Wildman–Crippen MR) is 90.2 cm³/mol. The molecule has 6 heteroatoms. The molecule has 0 spiro atoms. The molecule has 0 saturated heterocycles. The van der Waals surface area contributed by atoms with Gasteiger partial charge in [-0.1, -0.05) is 25.1 Å². The van der Waals surface area contributed by atoms with Crippen molar-refractivity contribution in [1.82, 2.24) is 15.1 Å². The highest BCUT2D eigenvalue weighted by Gasteiger charge is 2.19. The van der Waals surface area contributed by atoms with E-state index in [0.717, 1.165) is 17.8 Å². The molecule has 0 saturated carbocycles. The summed E-state index contributed by atoms with van der Waals surface area (Å²) >= 11 is 0. The summed E-state index contributed by atoms with van der Waals surface area (Å²) in [6.07, 6.45) is 2.55. The average Bonchev–Trinajstić information content (AvgIpc) is 2.84. The maximum Gasteiger partial charge on any atom is 0.272 e. The maximum atomic E-state index is 11.1. The SMILES string of the molecule is Cc1c(CNC(C)C(C)Cc2ccccc2[N+](=O)[O-])cnn1C. The number of nitrogens with one attached hydrogen (secondary N) is 1.